The van der Waals surface area contributed by atoms with Gasteiger partial charge in [-0.1, -0.05) is 20.8 Å². The molecule has 3 heterocycles. The third-order valence-corrected chi connectivity index (χ3v) is 6.05. The molecule has 2 aromatic heterocycles. The summed E-state index contributed by atoms with van der Waals surface area (Å²) in [6.07, 6.45) is -1.04. The number of aromatic nitrogens is 3. The van der Waals surface area contributed by atoms with E-state index in [-0.39, 0.29) is 46.9 Å². The second kappa shape index (κ2) is 8.49. The molecule has 2 bridgehead atoms. The lowest BCUT2D eigenvalue weighted by Gasteiger charge is -2.39. The Morgan fingerprint density at radius 2 is 1.91 bits per heavy atom. The summed E-state index contributed by atoms with van der Waals surface area (Å²) in [4.78, 5) is 19.0. The van der Waals surface area contributed by atoms with Crippen molar-refractivity contribution in [2.24, 2.45) is 17.3 Å². The molecule has 2 fully saturated rings. The first kappa shape index (κ1) is 23.3. The fraction of sp³-hybridized carbons (Fsp3) is 0.591. The Morgan fingerprint density at radius 1 is 1.24 bits per heavy atom. The van der Waals surface area contributed by atoms with Gasteiger partial charge in [0.05, 0.1) is 0 Å². The molecule has 33 heavy (non-hydrogen) atoms. The molecule has 0 aromatic carbocycles. The maximum atomic E-state index is 13.1. The number of ether oxygens (including phenoxy) is 1. The van der Waals surface area contributed by atoms with Crippen LogP contribution < -0.4 is 10.1 Å². The summed E-state index contributed by atoms with van der Waals surface area (Å²) in [6, 6.07) is 2.99. The van der Waals surface area contributed by atoms with Crippen molar-refractivity contribution in [1.29, 1.82) is 0 Å². The standard InChI is InChI=1S/C22H27F4N5O2/c1-21(2,3)9-17(32)30-10-13-6-7-14(11-30)18(13)27-20-28-19-15(5-4-8-31(19)29-20)33-12-16(23)22(24,25)26/h4-5,8,12-14,18H,6-7,9-11H2,1-3H3,(H,27,29)/b16-12-/t13-,14+,18?. The van der Waals surface area contributed by atoms with E-state index >= 15 is 0 Å². The zero-order chi connectivity index (χ0) is 24.0. The van der Waals surface area contributed by atoms with Gasteiger partial charge in [-0.3, -0.25) is 4.79 Å². The number of anilines is 1. The molecule has 0 spiro atoms. The quantitative estimate of drug-likeness (QED) is 0.513. The van der Waals surface area contributed by atoms with Crippen LogP contribution in [0, 0.1) is 17.3 Å². The maximum Gasteiger partial charge on any atom is 0.446 e. The number of carbonyl (C=O) groups excluding carboxylic acids is 1. The average Bonchev–Trinajstić information content (AvgIpc) is 3.20. The summed E-state index contributed by atoms with van der Waals surface area (Å²) < 4.78 is 56.5. The molecule has 3 atom stereocenters. The number of nitrogens with one attached hydrogen (secondary N) is 1. The van der Waals surface area contributed by atoms with E-state index in [4.69, 9.17) is 4.74 Å². The minimum Gasteiger partial charge on any atom is -0.458 e. The zero-order valence-corrected chi connectivity index (χ0v) is 18.7. The number of likely N-dealkylation sites (tertiary alicyclic amines) is 1. The first-order valence-electron chi connectivity index (χ1n) is 10.9. The Labute approximate surface area is 188 Å². The molecular weight excluding hydrogens is 442 g/mol. The molecule has 1 aliphatic carbocycles. The molecule has 1 N–H and O–H groups in total. The van der Waals surface area contributed by atoms with Gasteiger partial charge in [0.25, 0.3) is 0 Å². The first-order chi connectivity index (χ1) is 15.4. The molecule has 1 aliphatic heterocycles. The highest BCUT2D eigenvalue weighted by Gasteiger charge is 2.44. The SMILES string of the molecule is CC(C)(C)CC(=O)N1C[C@H]2CC[C@@H](C1)C2Nc1nc2c(O/C=C(\F)C(F)(F)F)cccn2n1. The molecule has 7 nitrogen and oxygen atoms in total. The van der Waals surface area contributed by atoms with Crippen LogP contribution in [0.2, 0.25) is 0 Å². The Balaban J connectivity index is 1.46. The fourth-order valence-electron chi connectivity index (χ4n) is 4.59. The van der Waals surface area contributed by atoms with Crippen molar-refractivity contribution in [3.63, 3.8) is 0 Å². The molecule has 2 aliphatic rings. The normalized spacial score (nSPS) is 23.8. The summed E-state index contributed by atoms with van der Waals surface area (Å²) in [5, 5.41) is 7.69. The van der Waals surface area contributed by atoms with Gasteiger partial charge in [-0.15, -0.1) is 5.10 Å². The van der Waals surface area contributed by atoms with Crippen LogP contribution in [0.4, 0.5) is 23.5 Å². The Bertz CT molecular complexity index is 1050. The second-order valence-corrected chi connectivity index (χ2v) is 9.96. The van der Waals surface area contributed by atoms with Gasteiger partial charge in [0.15, 0.2) is 11.4 Å². The summed E-state index contributed by atoms with van der Waals surface area (Å²) in [5.74, 6) is -1.39. The number of nitrogens with zero attached hydrogens (tertiary/aromatic N) is 4. The number of alkyl halides is 3. The monoisotopic (exact) mass is 469 g/mol. The van der Waals surface area contributed by atoms with Crippen molar-refractivity contribution < 1.29 is 27.1 Å². The summed E-state index contributed by atoms with van der Waals surface area (Å²) in [6.45, 7) is 7.50. The lowest BCUT2D eigenvalue weighted by atomic mass is 9.88. The van der Waals surface area contributed by atoms with Crippen molar-refractivity contribution in [3.05, 3.63) is 30.4 Å². The third kappa shape index (κ3) is 5.22. The highest BCUT2D eigenvalue weighted by Crippen LogP contribution is 2.39. The van der Waals surface area contributed by atoms with Gasteiger partial charge in [0.1, 0.15) is 6.26 Å². The Hall–Kier alpha value is -2.85. The lowest BCUT2D eigenvalue weighted by Crippen LogP contribution is -2.50. The van der Waals surface area contributed by atoms with Gasteiger partial charge >= 0.3 is 6.18 Å². The topological polar surface area (TPSA) is 71.8 Å². The van der Waals surface area contributed by atoms with E-state index in [9.17, 15) is 22.4 Å². The number of piperidine rings is 1. The van der Waals surface area contributed by atoms with E-state index in [0.717, 1.165) is 12.8 Å². The van der Waals surface area contributed by atoms with Crippen LogP contribution in [0.3, 0.4) is 0 Å². The fourth-order valence-corrected chi connectivity index (χ4v) is 4.59. The number of halogens is 4. The van der Waals surface area contributed by atoms with E-state index in [1.54, 1.807) is 6.20 Å². The molecule has 1 amide bonds. The van der Waals surface area contributed by atoms with Gasteiger partial charge in [-0.25, -0.2) is 4.52 Å². The highest BCUT2D eigenvalue weighted by atomic mass is 19.4. The van der Waals surface area contributed by atoms with Gasteiger partial charge in [-0.2, -0.15) is 22.5 Å². The van der Waals surface area contributed by atoms with Crippen molar-refractivity contribution in [2.45, 2.75) is 52.3 Å². The minimum absolute atomic E-state index is 0.0155. The van der Waals surface area contributed by atoms with E-state index in [1.807, 2.05) is 25.7 Å². The number of fused-ring (bicyclic) bond motifs is 3. The number of amides is 1. The Kier molecular flexibility index (Phi) is 6.00. The van der Waals surface area contributed by atoms with Crippen LogP contribution in [0.15, 0.2) is 30.4 Å². The molecule has 180 valence electrons. The van der Waals surface area contributed by atoms with Crippen LogP contribution in [0.1, 0.15) is 40.0 Å². The highest BCUT2D eigenvalue weighted by molar-refractivity contribution is 5.77. The molecule has 1 saturated heterocycles. The number of hydrogen-bond acceptors (Lipinski definition) is 5. The van der Waals surface area contributed by atoms with Gasteiger partial charge in [-0.05, 0) is 42.2 Å². The number of carbonyl (C=O) groups is 1. The van der Waals surface area contributed by atoms with Crippen LogP contribution in [-0.4, -0.2) is 50.7 Å². The smallest absolute Gasteiger partial charge is 0.446 e. The number of hydrogen-bond donors (Lipinski definition) is 1. The maximum absolute atomic E-state index is 13.1. The van der Waals surface area contributed by atoms with Gasteiger partial charge in [0.2, 0.25) is 17.7 Å². The van der Waals surface area contributed by atoms with Crippen LogP contribution in [0.25, 0.3) is 5.65 Å². The molecule has 4 rings (SSSR count). The van der Waals surface area contributed by atoms with Crippen molar-refractivity contribution in [1.82, 2.24) is 19.5 Å². The van der Waals surface area contributed by atoms with Gasteiger partial charge < -0.3 is 15.0 Å². The predicted octanol–water partition coefficient (Wildman–Crippen LogP) is 4.57. The minimum atomic E-state index is -5.12. The van der Waals surface area contributed by atoms with E-state index in [2.05, 4.69) is 15.4 Å². The Morgan fingerprint density at radius 3 is 2.52 bits per heavy atom. The van der Waals surface area contributed by atoms with Crippen LogP contribution >= 0.6 is 0 Å². The first-order valence-corrected chi connectivity index (χ1v) is 10.9. The summed E-state index contributed by atoms with van der Waals surface area (Å²) >= 11 is 0. The zero-order valence-electron chi connectivity index (χ0n) is 18.7. The molecule has 0 radical (unpaired) electrons. The third-order valence-electron chi connectivity index (χ3n) is 6.05. The molecule has 2 aromatic rings. The molecule has 11 heteroatoms. The van der Waals surface area contributed by atoms with E-state index < -0.39 is 12.0 Å². The van der Waals surface area contributed by atoms with Crippen molar-refractivity contribution in [3.8, 4) is 5.75 Å². The molecular formula is C22H27F4N5O2. The second-order valence-electron chi connectivity index (χ2n) is 9.96. The predicted molar refractivity (Wildman–Crippen MR) is 113 cm³/mol. The van der Waals surface area contributed by atoms with E-state index in [0.29, 0.717) is 25.5 Å². The lowest BCUT2D eigenvalue weighted by molar-refractivity contribution is -0.135. The summed E-state index contributed by atoms with van der Waals surface area (Å²) in [5.41, 5.74) is 0.0975. The molecule has 1 saturated carbocycles. The van der Waals surface area contributed by atoms with Crippen LogP contribution in [0.5, 0.6) is 5.75 Å². The van der Waals surface area contributed by atoms with Crippen molar-refractivity contribution in [2.75, 3.05) is 18.4 Å². The number of allylic oxidation sites excluding steroid dienone is 1. The van der Waals surface area contributed by atoms with Crippen molar-refractivity contribution >= 4 is 17.5 Å². The molecule has 1 unspecified atom stereocenters. The number of pyridine rings is 1. The average molecular weight is 469 g/mol. The summed E-state index contributed by atoms with van der Waals surface area (Å²) in [7, 11) is 0. The number of rotatable bonds is 5. The van der Waals surface area contributed by atoms with Gasteiger partial charge in [0, 0.05) is 31.7 Å². The van der Waals surface area contributed by atoms with E-state index in [1.165, 1.54) is 16.6 Å². The largest absolute Gasteiger partial charge is 0.458 e. The van der Waals surface area contributed by atoms with Crippen LogP contribution in [-0.2, 0) is 4.79 Å².